The third-order valence-electron chi connectivity index (χ3n) is 1.68. The van der Waals surface area contributed by atoms with Crippen molar-refractivity contribution in [1.29, 1.82) is 0 Å². The van der Waals surface area contributed by atoms with Gasteiger partial charge in [-0.05, 0) is 5.92 Å². The molecule has 0 amide bonds. The van der Waals surface area contributed by atoms with Gasteiger partial charge in [-0.25, -0.2) is 0 Å². The summed E-state index contributed by atoms with van der Waals surface area (Å²) in [4.78, 5) is 10.7. The molecule has 0 aromatic rings. The normalized spacial score (nSPS) is 16.1. The van der Waals surface area contributed by atoms with E-state index in [-0.39, 0.29) is 0 Å². The van der Waals surface area contributed by atoms with Crippen LogP contribution in [-0.4, -0.2) is 39.3 Å². The largest absolute Gasteiger partial charge is 0.522 e. The van der Waals surface area contributed by atoms with Crippen molar-refractivity contribution in [3.63, 3.8) is 0 Å². The molecule has 0 bridgehead atoms. The maximum atomic E-state index is 11.6. The van der Waals surface area contributed by atoms with Crippen molar-refractivity contribution in [3.8, 4) is 0 Å². The number of hydrogen-bond donors (Lipinski definition) is 1. The van der Waals surface area contributed by atoms with Gasteiger partial charge in [0.2, 0.25) is 0 Å². The molecule has 16 heavy (non-hydrogen) atoms. The number of carbonyl (C=O) groups is 1. The van der Waals surface area contributed by atoms with Gasteiger partial charge in [-0.15, -0.1) is 13.2 Å². The molecule has 0 aliphatic heterocycles. The minimum atomic E-state index is -4.78. The highest BCUT2D eigenvalue weighted by Gasteiger charge is 2.31. The van der Waals surface area contributed by atoms with Crippen LogP contribution in [0.2, 0.25) is 0 Å². The Morgan fingerprint density at radius 3 is 2.25 bits per heavy atom. The summed E-state index contributed by atoms with van der Waals surface area (Å²) in [5.41, 5.74) is 0. The molecule has 2 atom stereocenters. The Morgan fingerprint density at radius 2 is 1.94 bits per heavy atom. The summed E-state index contributed by atoms with van der Waals surface area (Å²) < 4.78 is 49.6. The standard InChI is InChI=1S/C8H13F3O4S/c1-5(2)6(7(12)13)16(14)4-3-15-8(9,10)11/h5-6H,3-4H2,1-2H3,(H,12,13). The van der Waals surface area contributed by atoms with Crippen LogP contribution in [0.1, 0.15) is 13.8 Å². The topological polar surface area (TPSA) is 63.6 Å². The maximum Gasteiger partial charge on any atom is 0.522 e. The first-order chi connectivity index (χ1) is 7.15. The number of alkyl halides is 3. The molecule has 0 fully saturated rings. The lowest BCUT2D eigenvalue weighted by Crippen LogP contribution is -2.33. The summed E-state index contributed by atoms with van der Waals surface area (Å²) >= 11 is 0. The first-order valence-corrected chi connectivity index (χ1v) is 5.84. The Balaban J connectivity index is 4.18. The summed E-state index contributed by atoms with van der Waals surface area (Å²) in [7, 11) is -1.88. The molecule has 0 radical (unpaired) electrons. The van der Waals surface area contributed by atoms with Gasteiger partial charge in [0, 0.05) is 16.6 Å². The van der Waals surface area contributed by atoms with E-state index in [0.29, 0.717) is 0 Å². The molecule has 4 nitrogen and oxygen atoms in total. The Hall–Kier alpha value is -0.630. The molecule has 2 unspecified atom stereocenters. The molecule has 0 aromatic carbocycles. The van der Waals surface area contributed by atoms with Crippen LogP contribution in [0.15, 0.2) is 0 Å². The molecule has 1 N–H and O–H groups in total. The van der Waals surface area contributed by atoms with Crippen LogP contribution in [0.3, 0.4) is 0 Å². The van der Waals surface area contributed by atoms with E-state index in [4.69, 9.17) is 5.11 Å². The number of carboxylic acid groups (broad SMARTS) is 1. The van der Waals surface area contributed by atoms with E-state index in [2.05, 4.69) is 4.74 Å². The van der Waals surface area contributed by atoms with Crippen LogP contribution >= 0.6 is 0 Å². The van der Waals surface area contributed by atoms with E-state index in [9.17, 15) is 22.2 Å². The second-order valence-corrected chi connectivity index (χ2v) is 5.06. The Bertz CT molecular complexity index is 264. The molecule has 8 heteroatoms. The molecule has 0 aromatic heterocycles. The van der Waals surface area contributed by atoms with Crippen molar-refractivity contribution in [2.24, 2.45) is 5.92 Å². The number of carboxylic acids is 1. The third kappa shape index (κ3) is 6.06. The summed E-state index contributed by atoms with van der Waals surface area (Å²) in [6.45, 7) is 2.29. The van der Waals surface area contributed by atoms with Crippen molar-refractivity contribution in [2.45, 2.75) is 25.5 Å². The van der Waals surface area contributed by atoms with E-state index >= 15 is 0 Å². The predicted octanol–water partition coefficient (Wildman–Crippen LogP) is 1.38. The zero-order valence-electron chi connectivity index (χ0n) is 8.78. The molecule has 0 spiro atoms. The van der Waals surface area contributed by atoms with E-state index < -0.39 is 46.7 Å². The van der Waals surface area contributed by atoms with E-state index in [0.717, 1.165) is 0 Å². The zero-order chi connectivity index (χ0) is 12.9. The van der Waals surface area contributed by atoms with Gasteiger partial charge in [-0.2, -0.15) is 0 Å². The monoisotopic (exact) mass is 262 g/mol. The highest BCUT2D eigenvalue weighted by atomic mass is 32.2. The Kier molecular flexibility index (Phi) is 5.95. The highest BCUT2D eigenvalue weighted by Crippen LogP contribution is 2.16. The van der Waals surface area contributed by atoms with Crippen molar-refractivity contribution in [3.05, 3.63) is 0 Å². The molecular formula is C8H13F3O4S. The van der Waals surface area contributed by atoms with Crippen molar-refractivity contribution in [2.75, 3.05) is 12.4 Å². The molecule has 0 saturated heterocycles. The van der Waals surface area contributed by atoms with Crippen molar-refractivity contribution in [1.82, 2.24) is 0 Å². The van der Waals surface area contributed by atoms with Crippen LogP contribution < -0.4 is 0 Å². The van der Waals surface area contributed by atoms with Gasteiger partial charge in [0.15, 0.2) is 0 Å². The second-order valence-electron chi connectivity index (χ2n) is 3.38. The molecule has 0 heterocycles. The van der Waals surface area contributed by atoms with Gasteiger partial charge in [0.25, 0.3) is 0 Å². The minimum absolute atomic E-state index is 0.413. The first-order valence-electron chi connectivity index (χ1n) is 4.46. The average Bonchev–Trinajstić information content (AvgIpc) is 1.99. The number of ether oxygens (including phenoxy) is 1. The molecule has 0 rings (SSSR count). The summed E-state index contributed by atoms with van der Waals surface area (Å²) in [6, 6.07) is 0. The van der Waals surface area contributed by atoms with Gasteiger partial charge in [0.05, 0.1) is 6.61 Å². The van der Waals surface area contributed by atoms with Crippen LogP contribution in [-0.2, 0) is 20.3 Å². The van der Waals surface area contributed by atoms with Gasteiger partial charge < -0.3 is 5.11 Å². The highest BCUT2D eigenvalue weighted by molar-refractivity contribution is 7.86. The van der Waals surface area contributed by atoms with Gasteiger partial charge >= 0.3 is 12.3 Å². The maximum absolute atomic E-state index is 11.6. The smallest absolute Gasteiger partial charge is 0.480 e. The fourth-order valence-corrected chi connectivity index (χ4v) is 2.40. The van der Waals surface area contributed by atoms with Crippen LogP contribution in [0.25, 0.3) is 0 Å². The van der Waals surface area contributed by atoms with Gasteiger partial charge in [-0.1, -0.05) is 13.8 Å². The van der Waals surface area contributed by atoms with E-state index in [1.807, 2.05) is 0 Å². The number of aliphatic carboxylic acids is 1. The lowest BCUT2D eigenvalue weighted by molar-refractivity contribution is -0.322. The van der Waals surface area contributed by atoms with Gasteiger partial charge in [-0.3, -0.25) is 13.7 Å². The summed E-state index contributed by atoms with van der Waals surface area (Å²) in [5.74, 6) is -2.14. The SMILES string of the molecule is CC(C)C(C(=O)O)S(=O)CCOC(F)(F)F. The van der Waals surface area contributed by atoms with Crippen LogP contribution in [0, 0.1) is 5.92 Å². The first kappa shape index (κ1) is 15.4. The third-order valence-corrected chi connectivity index (χ3v) is 3.56. The molecule has 0 aliphatic rings. The molecule has 96 valence electrons. The van der Waals surface area contributed by atoms with Crippen molar-refractivity contribution < 1.29 is 32.0 Å². The summed E-state index contributed by atoms with van der Waals surface area (Å²) in [5, 5.41) is 7.55. The quantitative estimate of drug-likeness (QED) is 0.785. The van der Waals surface area contributed by atoms with E-state index in [1.165, 1.54) is 0 Å². The summed E-state index contributed by atoms with van der Waals surface area (Å²) in [6.07, 6.45) is -4.78. The fraction of sp³-hybridized carbons (Fsp3) is 0.875. The number of halogens is 3. The Labute approximate surface area is 93.2 Å². The molecule has 0 aliphatic carbocycles. The molecular weight excluding hydrogens is 249 g/mol. The number of rotatable bonds is 6. The van der Waals surface area contributed by atoms with Crippen LogP contribution in [0.4, 0.5) is 13.2 Å². The second kappa shape index (κ2) is 6.19. The average molecular weight is 262 g/mol. The number of hydrogen-bond acceptors (Lipinski definition) is 3. The molecule has 0 saturated carbocycles. The van der Waals surface area contributed by atoms with Crippen LogP contribution in [0.5, 0.6) is 0 Å². The lowest BCUT2D eigenvalue weighted by atomic mass is 10.1. The van der Waals surface area contributed by atoms with Gasteiger partial charge in [0.1, 0.15) is 5.25 Å². The zero-order valence-corrected chi connectivity index (χ0v) is 9.60. The Morgan fingerprint density at radius 1 is 1.44 bits per heavy atom. The predicted molar refractivity (Wildman–Crippen MR) is 51.3 cm³/mol. The fourth-order valence-electron chi connectivity index (χ4n) is 1.07. The van der Waals surface area contributed by atoms with E-state index in [1.54, 1.807) is 13.8 Å². The minimum Gasteiger partial charge on any atom is -0.480 e. The van der Waals surface area contributed by atoms with Crippen molar-refractivity contribution >= 4 is 16.8 Å². The lowest BCUT2D eigenvalue weighted by Gasteiger charge is -2.15.